The van der Waals surface area contributed by atoms with Crippen LogP contribution in [0.5, 0.6) is 0 Å². The Bertz CT molecular complexity index is 1080. The standard InChI is InChI=1S/C19H16FN3O3S/c1-13-9-10-18(21-12-13)22-19(24)14-5-4-6-15(11-14)27(25,26)23-17-8-3-2-7-16(17)20/h2-12,23H,1H3,(H,21,22,24). The van der Waals surface area contributed by atoms with E-state index in [2.05, 4.69) is 15.0 Å². The van der Waals surface area contributed by atoms with Crippen molar-refractivity contribution in [3.63, 3.8) is 0 Å². The Hall–Kier alpha value is -3.26. The summed E-state index contributed by atoms with van der Waals surface area (Å²) < 4.78 is 40.9. The molecule has 3 aromatic rings. The minimum Gasteiger partial charge on any atom is -0.307 e. The number of halogens is 1. The second kappa shape index (κ2) is 7.55. The summed E-state index contributed by atoms with van der Waals surface area (Å²) in [6.07, 6.45) is 1.61. The Balaban J connectivity index is 1.83. The fraction of sp³-hybridized carbons (Fsp3) is 0.0526. The van der Waals surface area contributed by atoms with Gasteiger partial charge in [-0.25, -0.2) is 17.8 Å². The highest BCUT2D eigenvalue weighted by molar-refractivity contribution is 7.92. The fourth-order valence-corrected chi connectivity index (χ4v) is 3.40. The highest BCUT2D eigenvalue weighted by atomic mass is 32.2. The maximum Gasteiger partial charge on any atom is 0.262 e. The van der Waals surface area contributed by atoms with Gasteiger partial charge in [-0.3, -0.25) is 9.52 Å². The van der Waals surface area contributed by atoms with Crippen molar-refractivity contribution in [3.05, 3.63) is 83.8 Å². The lowest BCUT2D eigenvalue weighted by Crippen LogP contribution is -2.16. The normalized spacial score (nSPS) is 11.0. The number of anilines is 2. The van der Waals surface area contributed by atoms with Gasteiger partial charge in [0.2, 0.25) is 0 Å². The molecule has 138 valence electrons. The van der Waals surface area contributed by atoms with E-state index < -0.39 is 21.7 Å². The van der Waals surface area contributed by atoms with Crippen LogP contribution in [0.15, 0.2) is 71.8 Å². The molecule has 8 heteroatoms. The fourth-order valence-electron chi connectivity index (χ4n) is 2.28. The van der Waals surface area contributed by atoms with E-state index in [1.165, 1.54) is 42.5 Å². The summed E-state index contributed by atoms with van der Waals surface area (Å²) in [6.45, 7) is 1.87. The lowest BCUT2D eigenvalue weighted by molar-refractivity contribution is 0.102. The first-order valence-corrected chi connectivity index (χ1v) is 9.45. The number of amides is 1. The van der Waals surface area contributed by atoms with Crippen LogP contribution in [0.2, 0.25) is 0 Å². The number of para-hydroxylation sites is 1. The first-order chi connectivity index (χ1) is 12.8. The van der Waals surface area contributed by atoms with Crippen molar-refractivity contribution in [3.8, 4) is 0 Å². The summed E-state index contributed by atoms with van der Waals surface area (Å²) >= 11 is 0. The van der Waals surface area contributed by atoms with Gasteiger partial charge < -0.3 is 5.32 Å². The molecule has 0 fully saturated rings. The van der Waals surface area contributed by atoms with Gasteiger partial charge in [-0.1, -0.05) is 24.3 Å². The number of nitrogens with one attached hydrogen (secondary N) is 2. The van der Waals surface area contributed by atoms with Gasteiger partial charge in [0.05, 0.1) is 10.6 Å². The molecule has 0 spiro atoms. The van der Waals surface area contributed by atoms with Crippen LogP contribution in [-0.2, 0) is 10.0 Å². The van der Waals surface area contributed by atoms with Gasteiger partial charge in [0, 0.05) is 11.8 Å². The Kier molecular flexibility index (Phi) is 5.18. The number of sulfonamides is 1. The van der Waals surface area contributed by atoms with Crippen molar-refractivity contribution in [2.24, 2.45) is 0 Å². The summed E-state index contributed by atoms with van der Waals surface area (Å²) in [5.41, 5.74) is 0.908. The monoisotopic (exact) mass is 385 g/mol. The van der Waals surface area contributed by atoms with Crippen LogP contribution in [-0.4, -0.2) is 19.3 Å². The molecule has 0 saturated carbocycles. The number of pyridine rings is 1. The number of rotatable bonds is 5. The zero-order chi connectivity index (χ0) is 19.4. The van der Waals surface area contributed by atoms with Crippen LogP contribution in [0.3, 0.4) is 0 Å². The summed E-state index contributed by atoms with van der Waals surface area (Å²) in [6, 6.07) is 14.3. The first kappa shape index (κ1) is 18.5. The van der Waals surface area contributed by atoms with Crippen LogP contribution >= 0.6 is 0 Å². The molecule has 1 amide bonds. The maximum absolute atomic E-state index is 13.7. The summed E-state index contributed by atoms with van der Waals surface area (Å²) in [7, 11) is -4.06. The van der Waals surface area contributed by atoms with Crippen molar-refractivity contribution in [1.82, 2.24) is 4.98 Å². The molecule has 0 saturated heterocycles. The molecule has 0 atom stereocenters. The molecular formula is C19H16FN3O3S. The number of carbonyl (C=O) groups excluding carboxylic acids is 1. The minimum atomic E-state index is -4.06. The van der Waals surface area contributed by atoms with E-state index in [-0.39, 0.29) is 16.1 Å². The molecule has 2 aromatic carbocycles. The number of aromatic nitrogens is 1. The Morgan fingerprint density at radius 3 is 2.52 bits per heavy atom. The average molecular weight is 385 g/mol. The number of aryl methyl sites for hydroxylation is 1. The largest absolute Gasteiger partial charge is 0.307 e. The van der Waals surface area contributed by atoms with Crippen molar-refractivity contribution < 1.29 is 17.6 Å². The van der Waals surface area contributed by atoms with Gasteiger partial charge >= 0.3 is 0 Å². The van der Waals surface area contributed by atoms with Crippen molar-refractivity contribution in [1.29, 1.82) is 0 Å². The lowest BCUT2D eigenvalue weighted by atomic mass is 10.2. The van der Waals surface area contributed by atoms with Crippen molar-refractivity contribution in [2.75, 3.05) is 10.0 Å². The molecule has 1 aromatic heterocycles. The zero-order valence-corrected chi connectivity index (χ0v) is 15.1. The van der Waals surface area contributed by atoms with Gasteiger partial charge in [0.15, 0.2) is 0 Å². The number of carbonyl (C=O) groups is 1. The summed E-state index contributed by atoms with van der Waals surface area (Å²) in [4.78, 5) is 16.3. The zero-order valence-electron chi connectivity index (χ0n) is 14.3. The quantitative estimate of drug-likeness (QED) is 0.703. The van der Waals surface area contributed by atoms with E-state index in [1.54, 1.807) is 18.3 Å². The molecule has 3 rings (SSSR count). The van der Waals surface area contributed by atoms with Gasteiger partial charge in [-0.15, -0.1) is 0 Å². The van der Waals surface area contributed by atoms with Crippen LogP contribution in [0.4, 0.5) is 15.9 Å². The number of hydrogen-bond acceptors (Lipinski definition) is 4. The van der Waals surface area contributed by atoms with Crippen LogP contribution in [0.25, 0.3) is 0 Å². The molecular weight excluding hydrogens is 369 g/mol. The molecule has 6 nitrogen and oxygen atoms in total. The van der Waals surface area contributed by atoms with Crippen LogP contribution in [0.1, 0.15) is 15.9 Å². The number of hydrogen-bond donors (Lipinski definition) is 2. The van der Waals surface area contributed by atoms with Gasteiger partial charge in [0.25, 0.3) is 15.9 Å². The van der Waals surface area contributed by atoms with Crippen molar-refractivity contribution in [2.45, 2.75) is 11.8 Å². The number of benzene rings is 2. The third-order valence-electron chi connectivity index (χ3n) is 3.68. The van der Waals surface area contributed by atoms with E-state index >= 15 is 0 Å². The lowest BCUT2D eigenvalue weighted by Gasteiger charge is -2.10. The second-order valence-electron chi connectivity index (χ2n) is 5.79. The molecule has 0 aliphatic carbocycles. The van der Waals surface area contributed by atoms with E-state index in [0.717, 1.165) is 11.6 Å². The van der Waals surface area contributed by atoms with Gasteiger partial charge in [-0.05, 0) is 48.9 Å². The predicted octanol–water partition coefficient (Wildman–Crippen LogP) is 3.58. The average Bonchev–Trinajstić information content (AvgIpc) is 2.65. The Labute approximate surface area is 156 Å². The molecule has 0 radical (unpaired) electrons. The third kappa shape index (κ3) is 4.48. The summed E-state index contributed by atoms with van der Waals surface area (Å²) in [5, 5.41) is 2.60. The van der Waals surface area contributed by atoms with E-state index in [1.807, 2.05) is 6.92 Å². The van der Waals surface area contributed by atoms with Gasteiger partial charge in [-0.2, -0.15) is 0 Å². The number of nitrogens with zero attached hydrogens (tertiary/aromatic N) is 1. The van der Waals surface area contributed by atoms with E-state index in [0.29, 0.717) is 5.82 Å². The highest BCUT2D eigenvalue weighted by Gasteiger charge is 2.18. The molecule has 2 N–H and O–H groups in total. The third-order valence-corrected chi connectivity index (χ3v) is 5.04. The smallest absolute Gasteiger partial charge is 0.262 e. The highest BCUT2D eigenvalue weighted by Crippen LogP contribution is 2.20. The molecule has 1 heterocycles. The molecule has 0 aliphatic heterocycles. The van der Waals surface area contributed by atoms with Gasteiger partial charge in [0.1, 0.15) is 11.6 Å². The Morgan fingerprint density at radius 2 is 1.81 bits per heavy atom. The second-order valence-corrected chi connectivity index (χ2v) is 7.47. The minimum absolute atomic E-state index is 0.133. The molecule has 27 heavy (non-hydrogen) atoms. The topological polar surface area (TPSA) is 88.2 Å². The maximum atomic E-state index is 13.7. The predicted molar refractivity (Wildman–Crippen MR) is 101 cm³/mol. The SMILES string of the molecule is Cc1ccc(NC(=O)c2cccc(S(=O)(=O)Nc3ccccc3F)c2)nc1. The van der Waals surface area contributed by atoms with Crippen LogP contribution < -0.4 is 10.0 Å². The first-order valence-electron chi connectivity index (χ1n) is 7.96. The molecule has 0 bridgehead atoms. The Morgan fingerprint density at radius 1 is 1.04 bits per heavy atom. The van der Waals surface area contributed by atoms with Crippen LogP contribution in [0, 0.1) is 12.7 Å². The van der Waals surface area contributed by atoms with Crippen molar-refractivity contribution >= 4 is 27.4 Å². The molecule has 0 aliphatic rings. The van der Waals surface area contributed by atoms with E-state index in [4.69, 9.17) is 0 Å². The van der Waals surface area contributed by atoms with E-state index in [9.17, 15) is 17.6 Å². The summed E-state index contributed by atoms with van der Waals surface area (Å²) in [5.74, 6) is -0.849. The molecule has 0 unspecified atom stereocenters.